The first-order valence-corrected chi connectivity index (χ1v) is 11.0. The maximum atomic E-state index is 13.1. The van der Waals surface area contributed by atoms with Crippen LogP contribution in [0.2, 0.25) is 0 Å². The highest BCUT2D eigenvalue weighted by Crippen LogP contribution is 2.25. The molecule has 1 fully saturated rings. The lowest BCUT2D eigenvalue weighted by atomic mass is 10.1. The summed E-state index contributed by atoms with van der Waals surface area (Å²) >= 11 is 1.57. The van der Waals surface area contributed by atoms with Gasteiger partial charge in [-0.15, -0.1) is 11.3 Å². The van der Waals surface area contributed by atoms with Crippen molar-refractivity contribution in [2.24, 2.45) is 0 Å². The number of urea groups is 1. The zero-order chi connectivity index (χ0) is 20.9. The van der Waals surface area contributed by atoms with Gasteiger partial charge in [0, 0.05) is 35.9 Å². The van der Waals surface area contributed by atoms with Crippen LogP contribution in [0.25, 0.3) is 0 Å². The van der Waals surface area contributed by atoms with Gasteiger partial charge in [-0.3, -0.25) is 9.69 Å². The second kappa shape index (κ2) is 9.13. The quantitative estimate of drug-likeness (QED) is 0.606. The largest absolute Gasteiger partial charge is 0.326 e. The first-order valence-electron chi connectivity index (χ1n) is 10.1. The van der Waals surface area contributed by atoms with E-state index in [1.54, 1.807) is 16.2 Å². The molecule has 2 heterocycles. The fourth-order valence-electron chi connectivity index (χ4n) is 3.73. The van der Waals surface area contributed by atoms with Crippen molar-refractivity contribution in [3.63, 3.8) is 0 Å². The summed E-state index contributed by atoms with van der Waals surface area (Å²) in [4.78, 5) is 30.2. The molecule has 1 N–H and O–H groups in total. The minimum atomic E-state index is -0.0550. The van der Waals surface area contributed by atoms with E-state index >= 15 is 0 Å². The Bertz CT molecular complexity index is 1030. The van der Waals surface area contributed by atoms with E-state index < -0.39 is 0 Å². The molecular weight excluding hydrogens is 394 g/mol. The van der Waals surface area contributed by atoms with E-state index in [1.165, 1.54) is 5.56 Å². The van der Waals surface area contributed by atoms with Crippen molar-refractivity contribution in [3.05, 3.63) is 82.0 Å². The average molecular weight is 420 g/mol. The SMILES string of the molecule is Cc1cccc(CN2CCCN(c3cccc(NC(=O)Cc4cccs4)c3)C2=O)c1. The van der Waals surface area contributed by atoms with Gasteiger partial charge in [-0.2, -0.15) is 0 Å². The lowest BCUT2D eigenvalue weighted by molar-refractivity contribution is -0.115. The Hall–Kier alpha value is -3.12. The highest BCUT2D eigenvalue weighted by molar-refractivity contribution is 7.10. The standard InChI is InChI=1S/C24H25N3O2S/c1-18-6-2-7-19(14-18)17-26-11-5-12-27(24(26)29)21-9-3-8-20(15-21)25-23(28)16-22-10-4-13-30-22/h2-4,6-10,13-15H,5,11-12,16-17H2,1H3,(H,25,28). The normalized spacial score (nSPS) is 14.1. The zero-order valence-electron chi connectivity index (χ0n) is 17.0. The summed E-state index contributed by atoms with van der Waals surface area (Å²) in [5.41, 5.74) is 3.85. The van der Waals surface area contributed by atoms with Crippen LogP contribution in [-0.4, -0.2) is 29.9 Å². The first-order chi connectivity index (χ1) is 14.6. The van der Waals surface area contributed by atoms with Gasteiger partial charge in [0.05, 0.1) is 6.42 Å². The minimum absolute atomic E-state index is 0.00446. The molecule has 4 rings (SSSR count). The molecular formula is C24H25N3O2S. The predicted molar refractivity (Wildman–Crippen MR) is 122 cm³/mol. The highest BCUT2D eigenvalue weighted by Gasteiger charge is 2.27. The van der Waals surface area contributed by atoms with Crippen molar-refractivity contribution in [2.75, 3.05) is 23.3 Å². The van der Waals surface area contributed by atoms with Crippen LogP contribution in [0, 0.1) is 6.92 Å². The van der Waals surface area contributed by atoms with Crippen LogP contribution >= 0.6 is 11.3 Å². The van der Waals surface area contributed by atoms with E-state index in [2.05, 4.69) is 30.4 Å². The summed E-state index contributed by atoms with van der Waals surface area (Å²) in [6.45, 7) is 4.09. The number of nitrogens with one attached hydrogen (secondary N) is 1. The van der Waals surface area contributed by atoms with Gasteiger partial charge in [0.25, 0.3) is 0 Å². The zero-order valence-corrected chi connectivity index (χ0v) is 17.8. The number of aryl methyl sites for hydroxylation is 1. The number of carbonyl (C=O) groups excluding carboxylic acids is 2. The van der Waals surface area contributed by atoms with Crippen LogP contribution in [0.5, 0.6) is 0 Å². The number of amides is 3. The third-order valence-corrected chi connectivity index (χ3v) is 6.00. The van der Waals surface area contributed by atoms with Crippen molar-refractivity contribution in [2.45, 2.75) is 26.3 Å². The Morgan fingerprint density at radius 3 is 2.73 bits per heavy atom. The number of anilines is 2. The summed E-state index contributed by atoms with van der Waals surface area (Å²) in [6.07, 6.45) is 1.27. The third kappa shape index (κ3) is 4.89. The Morgan fingerprint density at radius 1 is 1.07 bits per heavy atom. The van der Waals surface area contributed by atoms with Crippen molar-refractivity contribution >= 4 is 34.6 Å². The maximum Gasteiger partial charge on any atom is 0.324 e. The molecule has 6 heteroatoms. The van der Waals surface area contributed by atoms with Gasteiger partial charge in [0.15, 0.2) is 0 Å². The Morgan fingerprint density at radius 2 is 1.93 bits per heavy atom. The van der Waals surface area contributed by atoms with Gasteiger partial charge in [0.2, 0.25) is 5.91 Å². The number of rotatable bonds is 6. The molecule has 5 nitrogen and oxygen atoms in total. The molecule has 154 valence electrons. The molecule has 3 amide bonds. The van der Waals surface area contributed by atoms with Gasteiger partial charge >= 0.3 is 6.03 Å². The lowest BCUT2D eigenvalue weighted by Gasteiger charge is -2.36. The second-order valence-electron chi connectivity index (χ2n) is 7.55. The van der Waals surface area contributed by atoms with E-state index in [4.69, 9.17) is 0 Å². The molecule has 0 spiro atoms. The van der Waals surface area contributed by atoms with E-state index in [-0.39, 0.29) is 11.9 Å². The molecule has 0 unspecified atom stereocenters. The molecule has 1 aliphatic heterocycles. The van der Waals surface area contributed by atoms with Crippen molar-refractivity contribution in [3.8, 4) is 0 Å². The van der Waals surface area contributed by atoms with Gasteiger partial charge in [0.1, 0.15) is 0 Å². The third-order valence-electron chi connectivity index (χ3n) is 5.12. The van der Waals surface area contributed by atoms with Crippen LogP contribution in [0.1, 0.15) is 22.4 Å². The molecule has 1 aromatic heterocycles. The molecule has 0 aliphatic carbocycles. The molecule has 2 aromatic carbocycles. The van der Waals surface area contributed by atoms with E-state index in [0.717, 1.165) is 29.1 Å². The molecule has 0 saturated carbocycles. The number of hydrogen-bond acceptors (Lipinski definition) is 3. The number of hydrogen-bond donors (Lipinski definition) is 1. The number of benzene rings is 2. The summed E-state index contributed by atoms with van der Waals surface area (Å²) in [5.74, 6) is -0.0550. The van der Waals surface area contributed by atoms with E-state index in [9.17, 15) is 9.59 Å². The van der Waals surface area contributed by atoms with Gasteiger partial charge in [-0.05, 0) is 48.6 Å². The number of carbonyl (C=O) groups is 2. The average Bonchev–Trinajstić information content (AvgIpc) is 3.23. The van der Waals surface area contributed by atoms with Crippen LogP contribution < -0.4 is 10.2 Å². The molecule has 1 aliphatic rings. The van der Waals surface area contributed by atoms with Crippen molar-refractivity contribution in [1.82, 2.24) is 4.90 Å². The van der Waals surface area contributed by atoms with E-state index in [0.29, 0.717) is 25.2 Å². The molecule has 30 heavy (non-hydrogen) atoms. The predicted octanol–water partition coefficient (Wildman–Crippen LogP) is 5.07. The van der Waals surface area contributed by atoms with Crippen LogP contribution in [0.3, 0.4) is 0 Å². The maximum absolute atomic E-state index is 13.1. The van der Waals surface area contributed by atoms with Crippen molar-refractivity contribution < 1.29 is 9.59 Å². The summed E-state index contributed by atoms with van der Waals surface area (Å²) in [7, 11) is 0. The summed E-state index contributed by atoms with van der Waals surface area (Å²) < 4.78 is 0. The van der Waals surface area contributed by atoms with Crippen molar-refractivity contribution in [1.29, 1.82) is 0 Å². The van der Waals surface area contributed by atoms with Crippen LogP contribution in [0.15, 0.2) is 66.0 Å². The fraction of sp³-hybridized carbons (Fsp3) is 0.250. The van der Waals surface area contributed by atoms with Crippen LogP contribution in [-0.2, 0) is 17.8 Å². The fourth-order valence-corrected chi connectivity index (χ4v) is 4.43. The molecule has 3 aromatic rings. The highest BCUT2D eigenvalue weighted by atomic mass is 32.1. The van der Waals surface area contributed by atoms with Gasteiger partial charge < -0.3 is 10.2 Å². The lowest BCUT2D eigenvalue weighted by Crippen LogP contribution is -2.49. The van der Waals surface area contributed by atoms with Crippen LogP contribution in [0.4, 0.5) is 16.2 Å². The number of nitrogens with zero attached hydrogens (tertiary/aromatic N) is 2. The number of thiophene rings is 1. The topological polar surface area (TPSA) is 52.6 Å². The van der Waals surface area contributed by atoms with Gasteiger partial charge in [-0.25, -0.2) is 4.79 Å². The second-order valence-corrected chi connectivity index (χ2v) is 8.59. The minimum Gasteiger partial charge on any atom is -0.326 e. The first kappa shape index (κ1) is 20.2. The Kier molecular flexibility index (Phi) is 6.14. The molecule has 1 saturated heterocycles. The summed E-state index contributed by atoms with van der Waals surface area (Å²) in [5, 5.41) is 4.91. The Balaban J connectivity index is 1.44. The van der Waals surface area contributed by atoms with Gasteiger partial charge in [-0.1, -0.05) is 42.0 Å². The van der Waals surface area contributed by atoms with E-state index in [1.807, 2.05) is 52.7 Å². The monoisotopic (exact) mass is 419 g/mol. The molecule has 0 bridgehead atoms. The Labute approximate surface area is 180 Å². The summed E-state index contributed by atoms with van der Waals surface area (Å²) in [6, 6.07) is 19.7. The molecule has 0 radical (unpaired) electrons. The smallest absolute Gasteiger partial charge is 0.324 e. The molecule has 0 atom stereocenters.